The van der Waals surface area contributed by atoms with Crippen molar-refractivity contribution in [3.63, 3.8) is 0 Å². The number of nitrogens with one attached hydrogen (secondary N) is 2. The lowest BCUT2D eigenvalue weighted by Crippen LogP contribution is -2.41. The van der Waals surface area contributed by atoms with E-state index in [1.54, 1.807) is 26.0 Å². The van der Waals surface area contributed by atoms with Crippen LogP contribution in [0.25, 0.3) is 0 Å². The summed E-state index contributed by atoms with van der Waals surface area (Å²) in [7, 11) is 0. The predicted octanol–water partition coefficient (Wildman–Crippen LogP) is 4.87. The van der Waals surface area contributed by atoms with Gasteiger partial charge in [0.25, 0.3) is 0 Å². The van der Waals surface area contributed by atoms with Gasteiger partial charge in [-0.15, -0.1) is 0 Å². The Bertz CT molecular complexity index is 828. The SMILES string of the molecule is Cc1ccc(C)c(NC(=O)C(C)(C)C(=O)Nc2ccc(C)c(Cl)c2)c1. The van der Waals surface area contributed by atoms with Crippen molar-refractivity contribution in [3.05, 3.63) is 58.1 Å². The molecule has 0 saturated heterocycles. The summed E-state index contributed by atoms with van der Waals surface area (Å²) in [6.45, 7) is 8.94. The molecule has 0 bridgehead atoms. The van der Waals surface area contributed by atoms with Gasteiger partial charge in [-0.25, -0.2) is 0 Å². The van der Waals surface area contributed by atoms with Crippen LogP contribution in [0.15, 0.2) is 36.4 Å². The molecule has 0 aliphatic heterocycles. The van der Waals surface area contributed by atoms with Crippen molar-refractivity contribution in [2.75, 3.05) is 10.6 Å². The van der Waals surface area contributed by atoms with E-state index < -0.39 is 11.3 Å². The molecule has 2 aromatic carbocycles. The molecule has 2 N–H and O–H groups in total. The molecule has 4 nitrogen and oxygen atoms in total. The number of carbonyl (C=O) groups is 2. The molecule has 5 heteroatoms. The van der Waals surface area contributed by atoms with Gasteiger partial charge in [0.05, 0.1) is 0 Å². The molecule has 2 aromatic rings. The summed E-state index contributed by atoms with van der Waals surface area (Å²) in [5.74, 6) is -0.757. The highest BCUT2D eigenvalue weighted by atomic mass is 35.5. The van der Waals surface area contributed by atoms with Gasteiger partial charge in [-0.2, -0.15) is 0 Å². The van der Waals surface area contributed by atoms with Crippen LogP contribution in [0.5, 0.6) is 0 Å². The maximum Gasteiger partial charge on any atom is 0.239 e. The first kappa shape index (κ1) is 19.0. The number of hydrogen-bond acceptors (Lipinski definition) is 2. The minimum atomic E-state index is -1.24. The molecule has 0 spiro atoms. The third-order valence-electron chi connectivity index (χ3n) is 4.21. The van der Waals surface area contributed by atoms with Gasteiger partial charge in [0.15, 0.2) is 0 Å². The molecule has 0 heterocycles. The summed E-state index contributed by atoms with van der Waals surface area (Å²) < 4.78 is 0. The van der Waals surface area contributed by atoms with Crippen molar-refractivity contribution in [1.29, 1.82) is 0 Å². The zero-order chi connectivity index (χ0) is 18.8. The van der Waals surface area contributed by atoms with Crippen molar-refractivity contribution in [3.8, 4) is 0 Å². The zero-order valence-corrected chi connectivity index (χ0v) is 15.9. The van der Waals surface area contributed by atoms with E-state index in [4.69, 9.17) is 11.6 Å². The van der Waals surface area contributed by atoms with E-state index in [0.717, 1.165) is 16.7 Å². The largest absolute Gasteiger partial charge is 0.325 e. The van der Waals surface area contributed by atoms with Crippen LogP contribution in [0.2, 0.25) is 5.02 Å². The first-order chi connectivity index (χ1) is 11.6. The number of carbonyl (C=O) groups excluding carboxylic acids is 2. The average molecular weight is 359 g/mol. The second-order valence-corrected chi connectivity index (χ2v) is 7.22. The molecule has 0 unspecified atom stereocenters. The van der Waals surface area contributed by atoms with Crippen LogP contribution in [0.4, 0.5) is 11.4 Å². The minimum Gasteiger partial charge on any atom is -0.325 e. The van der Waals surface area contributed by atoms with Gasteiger partial charge in [0.1, 0.15) is 5.41 Å². The highest BCUT2D eigenvalue weighted by Crippen LogP contribution is 2.25. The third-order valence-corrected chi connectivity index (χ3v) is 4.61. The van der Waals surface area contributed by atoms with Gasteiger partial charge in [-0.05, 0) is 69.5 Å². The van der Waals surface area contributed by atoms with Crippen molar-refractivity contribution in [2.45, 2.75) is 34.6 Å². The molecule has 25 heavy (non-hydrogen) atoms. The Morgan fingerprint density at radius 3 is 2.12 bits per heavy atom. The molecule has 0 fully saturated rings. The number of amides is 2. The lowest BCUT2D eigenvalue weighted by molar-refractivity contribution is -0.135. The number of aryl methyl sites for hydroxylation is 3. The van der Waals surface area contributed by atoms with Gasteiger partial charge >= 0.3 is 0 Å². The Morgan fingerprint density at radius 1 is 0.880 bits per heavy atom. The van der Waals surface area contributed by atoms with Crippen LogP contribution >= 0.6 is 11.6 Å². The Kier molecular flexibility index (Phi) is 5.53. The average Bonchev–Trinajstić information content (AvgIpc) is 2.54. The lowest BCUT2D eigenvalue weighted by atomic mass is 9.90. The molecular weight excluding hydrogens is 336 g/mol. The Hall–Kier alpha value is -2.33. The summed E-state index contributed by atoms with van der Waals surface area (Å²) in [5, 5.41) is 6.18. The molecule has 0 saturated carbocycles. The Morgan fingerprint density at radius 2 is 1.48 bits per heavy atom. The maximum absolute atomic E-state index is 12.7. The molecule has 0 aliphatic carbocycles. The topological polar surface area (TPSA) is 58.2 Å². The van der Waals surface area contributed by atoms with Crippen LogP contribution in [0.1, 0.15) is 30.5 Å². The maximum atomic E-state index is 12.7. The second kappa shape index (κ2) is 7.28. The quantitative estimate of drug-likeness (QED) is 0.766. The first-order valence-corrected chi connectivity index (χ1v) is 8.45. The summed E-state index contributed by atoms with van der Waals surface area (Å²) in [4.78, 5) is 25.3. The van der Waals surface area contributed by atoms with E-state index in [9.17, 15) is 9.59 Å². The Balaban J connectivity index is 2.15. The number of halogens is 1. The van der Waals surface area contributed by atoms with Crippen molar-refractivity contribution >= 4 is 34.8 Å². The Labute approximate surface area is 153 Å². The molecule has 2 amide bonds. The lowest BCUT2D eigenvalue weighted by Gasteiger charge is -2.23. The van der Waals surface area contributed by atoms with Crippen LogP contribution in [0.3, 0.4) is 0 Å². The third kappa shape index (κ3) is 4.40. The van der Waals surface area contributed by atoms with Gasteiger partial charge < -0.3 is 10.6 Å². The fraction of sp³-hybridized carbons (Fsp3) is 0.300. The highest BCUT2D eigenvalue weighted by molar-refractivity contribution is 6.31. The number of rotatable bonds is 4. The van der Waals surface area contributed by atoms with Gasteiger partial charge in [0, 0.05) is 16.4 Å². The van der Waals surface area contributed by atoms with E-state index in [0.29, 0.717) is 16.4 Å². The van der Waals surface area contributed by atoms with Crippen LogP contribution in [-0.4, -0.2) is 11.8 Å². The summed E-state index contributed by atoms with van der Waals surface area (Å²) in [6.07, 6.45) is 0. The first-order valence-electron chi connectivity index (χ1n) is 8.07. The number of hydrogen-bond donors (Lipinski definition) is 2. The van der Waals surface area contributed by atoms with Crippen molar-refractivity contribution in [1.82, 2.24) is 0 Å². The normalized spacial score (nSPS) is 11.1. The highest BCUT2D eigenvalue weighted by Gasteiger charge is 2.36. The van der Waals surface area contributed by atoms with Gasteiger partial charge in [-0.3, -0.25) is 9.59 Å². The minimum absolute atomic E-state index is 0.364. The predicted molar refractivity (Wildman–Crippen MR) is 103 cm³/mol. The fourth-order valence-corrected chi connectivity index (χ4v) is 2.39. The van der Waals surface area contributed by atoms with Crippen LogP contribution in [-0.2, 0) is 9.59 Å². The molecule has 2 rings (SSSR count). The number of anilines is 2. The molecular formula is C20H23ClN2O2. The van der Waals surface area contributed by atoms with E-state index >= 15 is 0 Å². The molecule has 132 valence electrons. The standard InChI is InChI=1S/C20H23ClN2O2/c1-12-6-7-14(3)17(10-12)23-19(25)20(4,5)18(24)22-15-9-8-13(2)16(21)11-15/h6-11H,1-5H3,(H,22,24)(H,23,25). The summed E-state index contributed by atoms with van der Waals surface area (Å²) >= 11 is 6.08. The molecule has 0 aromatic heterocycles. The summed E-state index contributed by atoms with van der Waals surface area (Å²) in [6, 6.07) is 11.1. The van der Waals surface area contributed by atoms with E-state index in [1.165, 1.54) is 0 Å². The second-order valence-electron chi connectivity index (χ2n) is 6.82. The van der Waals surface area contributed by atoms with Crippen LogP contribution < -0.4 is 10.6 Å². The van der Waals surface area contributed by atoms with E-state index in [1.807, 2.05) is 45.0 Å². The molecule has 0 radical (unpaired) electrons. The number of benzene rings is 2. The monoisotopic (exact) mass is 358 g/mol. The van der Waals surface area contributed by atoms with E-state index in [2.05, 4.69) is 10.6 Å². The van der Waals surface area contributed by atoms with Gasteiger partial charge in [0.2, 0.25) is 11.8 Å². The van der Waals surface area contributed by atoms with Gasteiger partial charge in [-0.1, -0.05) is 29.8 Å². The van der Waals surface area contributed by atoms with E-state index in [-0.39, 0.29) is 5.91 Å². The smallest absolute Gasteiger partial charge is 0.239 e. The fourth-order valence-electron chi connectivity index (χ4n) is 2.21. The van der Waals surface area contributed by atoms with Crippen molar-refractivity contribution in [2.24, 2.45) is 5.41 Å². The molecule has 0 aliphatic rings. The van der Waals surface area contributed by atoms with Crippen LogP contribution in [0, 0.1) is 26.2 Å². The molecule has 0 atom stereocenters. The van der Waals surface area contributed by atoms with Crippen molar-refractivity contribution < 1.29 is 9.59 Å². The zero-order valence-electron chi connectivity index (χ0n) is 15.2. The summed E-state index contributed by atoms with van der Waals surface area (Å²) in [5.41, 5.74) is 2.94.